The van der Waals surface area contributed by atoms with Gasteiger partial charge in [-0.05, 0) is 12.1 Å². The Morgan fingerprint density at radius 3 is 2.00 bits per heavy atom. The van der Waals surface area contributed by atoms with Gasteiger partial charge in [-0.2, -0.15) is 10.5 Å². The molecule has 0 unspecified atom stereocenters. The Kier molecular flexibility index (Phi) is 3.47. The van der Waals surface area contributed by atoms with Crippen LogP contribution in [-0.4, -0.2) is 11.9 Å². The highest BCUT2D eigenvalue weighted by Gasteiger charge is 2.33. The molecule has 0 saturated carbocycles. The maximum absolute atomic E-state index is 12.6. The number of para-hydroxylation sites is 2. The lowest BCUT2D eigenvalue weighted by Crippen LogP contribution is -2.37. The van der Waals surface area contributed by atoms with Gasteiger partial charge in [-0.1, -0.05) is 36.4 Å². The van der Waals surface area contributed by atoms with Gasteiger partial charge in [0.15, 0.2) is 0 Å². The van der Waals surface area contributed by atoms with Crippen LogP contribution in [0.2, 0.25) is 0 Å². The first-order chi connectivity index (χ1) is 10.7. The predicted octanol–water partition coefficient (Wildman–Crippen LogP) is 2.46. The van der Waals surface area contributed by atoms with Crippen LogP contribution in [0.25, 0.3) is 0 Å². The van der Waals surface area contributed by atoms with Crippen molar-refractivity contribution in [1.29, 1.82) is 10.5 Å². The van der Waals surface area contributed by atoms with Crippen LogP contribution in [0.5, 0.6) is 11.5 Å². The molecule has 0 atom stereocenters. The fourth-order valence-corrected chi connectivity index (χ4v) is 2.51. The van der Waals surface area contributed by atoms with Gasteiger partial charge in [-0.3, -0.25) is 4.79 Å². The van der Waals surface area contributed by atoms with Gasteiger partial charge in [0.25, 0.3) is 0 Å². The first kappa shape index (κ1) is 13.7. The second-order valence-corrected chi connectivity index (χ2v) is 4.81. The van der Waals surface area contributed by atoms with E-state index < -0.39 is 17.9 Å². The standard InChI is InChI=1S/C17H11N3O2/c18-9-11(10-19)20-17(21)16-12-5-1-3-7-14(12)22-15-8-4-2-6-13(15)16/h1-8,11,16H,(H,20,21). The molecule has 0 saturated heterocycles. The number of nitrogens with one attached hydrogen (secondary N) is 1. The van der Waals surface area contributed by atoms with Crippen molar-refractivity contribution in [3.63, 3.8) is 0 Å². The minimum Gasteiger partial charge on any atom is -0.457 e. The van der Waals surface area contributed by atoms with Crippen LogP contribution in [0.4, 0.5) is 0 Å². The molecule has 1 N–H and O–H groups in total. The quantitative estimate of drug-likeness (QED) is 0.920. The number of carbonyl (C=O) groups excluding carboxylic acids is 1. The summed E-state index contributed by atoms with van der Waals surface area (Å²) < 4.78 is 5.81. The molecule has 0 aliphatic carbocycles. The van der Waals surface area contributed by atoms with Gasteiger partial charge >= 0.3 is 0 Å². The zero-order valence-electron chi connectivity index (χ0n) is 11.5. The van der Waals surface area contributed by atoms with E-state index in [1.807, 2.05) is 36.4 Å². The summed E-state index contributed by atoms with van der Waals surface area (Å²) >= 11 is 0. The molecule has 0 bridgehead atoms. The first-order valence-electron chi connectivity index (χ1n) is 6.70. The molecular formula is C17H11N3O2. The van der Waals surface area contributed by atoms with Crippen molar-refractivity contribution in [1.82, 2.24) is 5.32 Å². The summed E-state index contributed by atoms with van der Waals surface area (Å²) in [5.74, 6) is 0.209. The number of nitrogens with zero attached hydrogens (tertiary/aromatic N) is 2. The Hall–Kier alpha value is -3.31. The summed E-state index contributed by atoms with van der Waals surface area (Å²) in [4.78, 5) is 12.6. The van der Waals surface area contributed by atoms with Gasteiger partial charge in [0.1, 0.15) is 23.6 Å². The smallest absolute Gasteiger partial charge is 0.234 e. The third kappa shape index (κ3) is 2.25. The molecule has 1 heterocycles. The van der Waals surface area contributed by atoms with Crippen LogP contribution in [0.15, 0.2) is 48.5 Å². The van der Waals surface area contributed by atoms with E-state index in [-0.39, 0.29) is 0 Å². The molecule has 2 aromatic carbocycles. The fourth-order valence-electron chi connectivity index (χ4n) is 2.51. The lowest BCUT2D eigenvalue weighted by atomic mass is 9.87. The van der Waals surface area contributed by atoms with E-state index in [1.165, 1.54) is 0 Å². The average Bonchev–Trinajstić information content (AvgIpc) is 2.57. The Morgan fingerprint density at radius 2 is 1.50 bits per heavy atom. The van der Waals surface area contributed by atoms with Gasteiger partial charge in [0, 0.05) is 11.1 Å². The van der Waals surface area contributed by atoms with Gasteiger partial charge in [0.2, 0.25) is 11.9 Å². The van der Waals surface area contributed by atoms with E-state index in [0.29, 0.717) is 22.6 Å². The topological polar surface area (TPSA) is 85.9 Å². The molecule has 2 aromatic rings. The highest BCUT2D eigenvalue weighted by atomic mass is 16.5. The summed E-state index contributed by atoms with van der Waals surface area (Å²) in [5.41, 5.74) is 1.43. The van der Waals surface area contributed by atoms with Gasteiger partial charge in [0.05, 0.1) is 5.92 Å². The summed E-state index contributed by atoms with van der Waals surface area (Å²) in [6.45, 7) is 0. The summed E-state index contributed by atoms with van der Waals surface area (Å²) in [7, 11) is 0. The number of ether oxygens (including phenoxy) is 1. The minimum absolute atomic E-state index is 0.392. The molecule has 1 aliphatic rings. The van der Waals surface area contributed by atoms with Crippen LogP contribution in [0, 0.1) is 22.7 Å². The molecular weight excluding hydrogens is 278 g/mol. The van der Waals surface area contributed by atoms with Crippen LogP contribution in [0.1, 0.15) is 17.0 Å². The summed E-state index contributed by atoms with van der Waals surface area (Å²) in [5, 5.41) is 20.2. The second kappa shape index (κ2) is 5.59. The number of rotatable bonds is 2. The van der Waals surface area contributed by atoms with E-state index in [1.54, 1.807) is 24.3 Å². The Balaban J connectivity index is 2.05. The molecule has 106 valence electrons. The van der Waals surface area contributed by atoms with E-state index in [4.69, 9.17) is 15.3 Å². The Bertz CT molecular complexity index is 758. The maximum Gasteiger partial charge on any atom is 0.234 e. The number of hydrogen-bond acceptors (Lipinski definition) is 4. The molecule has 0 spiro atoms. The van der Waals surface area contributed by atoms with Gasteiger partial charge < -0.3 is 10.1 Å². The molecule has 1 aliphatic heterocycles. The molecule has 5 heteroatoms. The van der Waals surface area contributed by atoms with Crippen LogP contribution in [-0.2, 0) is 4.79 Å². The molecule has 0 radical (unpaired) electrons. The lowest BCUT2D eigenvalue weighted by Gasteiger charge is -2.27. The van der Waals surface area contributed by atoms with Crippen molar-refractivity contribution >= 4 is 5.91 Å². The Morgan fingerprint density at radius 1 is 1.00 bits per heavy atom. The van der Waals surface area contributed by atoms with Crippen molar-refractivity contribution in [2.24, 2.45) is 0 Å². The van der Waals surface area contributed by atoms with Crippen molar-refractivity contribution in [3.05, 3.63) is 59.7 Å². The predicted molar refractivity (Wildman–Crippen MR) is 78.0 cm³/mol. The highest BCUT2D eigenvalue weighted by Crippen LogP contribution is 2.43. The third-order valence-corrected chi connectivity index (χ3v) is 3.49. The highest BCUT2D eigenvalue weighted by molar-refractivity contribution is 5.90. The molecule has 0 aromatic heterocycles. The Labute approximate surface area is 127 Å². The van der Waals surface area contributed by atoms with Crippen LogP contribution in [0.3, 0.4) is 0 Å². The van der Waals surface area contributed by atoms with Crippen LogP contribution >= 0.6 is 0 Å². The number of nitriles is 2. The van der Waals surface area contributed by atoms with Gasteiger partial charge in [-0.15, -0.1) is 0 Å². The number of benzene rings is 2. The molecule has 3 rings (SSSR count). The number of fused-ring (bicyclic) bond motifs is 2. The molecule has 0 fully saturated rings. The molecule has 5 nitrogen and oxygen atoms in total. The largest absolute Gasteiger partial charge is 0.457 e. The number of hydrogen-bond donors (Lipinski definition) is 1. The summed E-state index contributed by atoms with van der Waals surface area (Å²) in [6.07, 6.45) is 0. The van der Waals surface area contributed by atoms with E-state index in [9.17, 15) is 4.79 Å². The van der Waals surface area contributed by atoms with E-state index >= 15 is 0 Å². The number of carbonyl (C=O) groups is 1. The third-order valence-electron chi connectivity index (χ3n) is 3.49. The zero-order valence-corrected chi connectivity index (χ0v) is 11.5. The second-order valence-electron chi connectivity index (χ2n) is 4.81. The van der Waals surface area contributed by atoms with Gasteiger partial charge in [-0.25, -0.2) is 0 Å². The number of amides is 1. The normalized spacial score (nSPS) is 12.3. The van der Waals surface area contributed by atoms with E-state index in [2.05, 4.69) is 5.32 Å². The van der Waals surface area contributed by atoms with Crippen LogP contribution < -0.4 is 10.1 Å². The fraction of sp³-hybridized carbons (Fsp3) is 0.118. The SMILES string of the molecule is N#CC(C#N)NC(=O)C1c2ccccc2Oc2ccccc21. The summed E-state index contributed by atoms with van der Waals surface area (Å²) in [6, 6.07) is 16.8. The van der Waals surface area contributed by atoms with Crippen molar-refractivity contribution in [2.75, 3.05) is 0 Å². The molecule has 22 heavy (non-hydrogen) atoms. The lowest BCUT2D eigenvalue weighted by molar-refractivity contribution is -0.121. The van der Waals surface area contributed by atoms with Crippen molar-refractivity contribution < 1.29 is 9.53 Å². The average molecular weight is 289 g/mol. The van der Waals surface area contributed by atoms with E-state index in [0.717, 1.165) is 0 Å². The first-order valence-corrected chi connectivity index (χ1v) is 6.70. The minimum atomic E-state index is -1.17. The van der Waals surface area contributed by atoms with Crippen molar-refractivity contribution in [3.8, 4) is 23.6 Å². The molecule has 1 amide bonds. The monoisotopic (exact) mass is 289 g/mol. The zero-order chi connectivity index (χ0) is 15.5. The maximum atomic E-state index is 12.6. The van der Waals surface area contributed by atoms with Crippen molar-refractivity contribution in [2.45, 2.75) is 12.0 Å².